The molecule has 0 fully saturated rings. The largest absolute Gasteiger partial charge is 0.297 e. The van der Waals surface area contributed by atoms with Gasteiger partial charge >= 0.3 is 0 Å². The normalized spacial score (nSPS) is 12.1. The number of aromatic nitrogens is 1. The first kappa shape index (κ1) is 15.0. The van der Waals surface area contributed by atoms with Gasteiger partial charge in [0.15, 0.2) is 0 Å². The van der Waals surface area contributed by atoms with Crippen LogP contribution in [0.3, 0.4) is 0 Å². The van der Waals surface area contributed by atoms with E-state index < -0.39 is 9.85 Å². The van der Waals surface area contributed by atoms with Crippen LogP contribution in [0, 0.1) is 20.2 Å². The summed E-state index contributed by atoms with van der Waals surface area (Å²) in [4.78, 5) is 24.4. The van der Waals surface area contributed by atoms with E-state index in [1.54, 1.807) is 0 Å². The third kappa shape index (κ3) is 3.70. The molecule has 1 unspecified atom stereocenters. The van der Waals surface area contributed by atoms with Gasteiger partial charge in [-0.2, -0.15) is 0 Å². The second-order valence-corrected chi connectivity index (χ2v) is 4.36. The van der Waals surface area contributed by atoms with Crippen molar-refractivity contribution >= 4 is 11.4 Å². The lowest BCUT2D eigenvalue weighted by Gasteiger charge is -2.13. The number of rotatable bonds is 7. The molecule has 0 bridgehead atoms. The molecule has 1 aromatic heterocycles. The number of hydrogen-bond donors (Lipinski definition) is 0. The van der Waals surface area contributed by atoms with Crippen LogP contribution in [0.4, 0.5) is 11.4 Å². The molecule has 0 radical (unpaired) electrons. The molecule has 1 aromatic rings. The van der Waals surface area contributed by atoms with Gasteiger partial charge in [0.25, 0.3) is 11.4 Å². The first-order valence-electron chi connectivity index (χ1n) is 6.29. The Bertz CT molecular complexity index is 476. The van der Waals surface area contributed by atoms with E-state index >= 15 is 0 Å². The van der Waals surface area contributed by atoms with Crippen LogP contribution in [-0.4, -0.2) is 14.8 Å². The SMILES string of the molecule is CCCCC(CC)c1ncc([N+](=O)[O-])cc1[N+](=O)[O-]. The van der Waals surface area contributed by atoms with E-state index in [1.165, 1.54) is 0 Å². The van der Waals surface area contributed by atoms with Crippen LogP contribution in [0.2, 0.25) is 0 Å². The highest BCUT2D eigenvalue weighted by molar-refractivity contribution is 5.45. The minimum Gasteiger partial charge on any atom is -0.258 e. The Morgan fingerprint density at radius 2 is 1.95 bits per heavy atom. The first-order chi connectivity index (χ1) is 9.01. The lowest BCUT2D eigenvalue weighted by atomic mass is 9.94. The zero-order valence-corrected chi connectivity index (χ0v) is 11.0. The van der Waals surface area contributed by atoms with Crippen LogP contribution in [0.25, 0.3) is 0 Å². The Morgan fingerprint density at radius 3 is 2.42 bits per heavy atom. The Balaban J connectivity index is 3.17. The van der Waals surface area contributed by atoms with Crippen LogP contribution < -0.4 is 0 Å². The minimum atomic E-state index is -0.670. The highest BCUT2D eigenvalue weighted by Crippen LogP contribution is 2.32. The summed E-state index contributed by atoms with van der Waals surface area (Å²) in [7, 11) is 0. The maximum Gasteiger partial charge on any atom is 0.297 e. The van der Waals surface area contributed by atoms with Gasteiger partial charge in [0.05, 0.1) is 15.9 Å². The summed E-state index contributed by atoms with van der Waals surface area (Å²) in [6, 6.07) is 0.997. The van der Waals surface area contributed by atoms with Crippen LogP contribution >= 0.6 is 0 Å². The van der Waals surface area contributed by atoms with Crippen molar-refractivity contribution in [3.63, 3.8) is 0 Å². The van der Waals surface area contributed by atoms with Crippen LogP contribution in [0.5, 0.6) is 0 Å². The number of hydrogen-bond acceptors (Lipinski definition) is 5. The van der Waals surface area contributed by atoms with Crippen molar-refractivity contribution in [3.8, 4) is 0 Å². The van der Waals surface area contributed by atoms with E-state index in [0.717, 1.165) is 37.9 Å². The first-order valence-corrected chi connectivity index (χ1v) is 6.29. The van der Waals surface area contributed by atoms with E-state index in [1.807, 2.05) is 13.8 Å². The molecule has 0 aliphatic carbocycles. The van der Waals surface area contributed by atoms with Gasteiger partial charge in [-0.25, -0.2) is 4.98 Å². The van der Waals surface area contributed by atoms with E-state index in [0.29, 0.717) is 5.69 Å². The molecule has 1 rings (SSSR count). The summed E-state index contributed by atoms with van der Waals surface area (Å²) in [5, 5.41) is 21.7. The monoisotopic (exact) mass is 267 g/mol. The predicted octanol–water partition coefficient (Wildman–Crippen LogP) is 3.58. The summed E-state index contributed by atoms with van der Waals surface area (Å²) in [5.74, 6) is -0.0267. The van der Waals surface area contributed by atoms with Gasteiger partial charge < -0.3 is 0 Å². The van der Waals surface area contributed by atoms with E-state index in [4.69, 9.17) is 0 Å². The van der Waals surface area contributed by atoms with Gasteiger partial charge in [0.1, 0.15) is 11.9 Å². The predicted molar refractivity (Wildman–Crippen MR) is 70.1 cm³/mol. The highest BCUT2D eigenvalue weighted by atomic mass is 16.6. The van der Waals surface area contributed by atoms with E-state index in [9.17, 15) is 20.2 Å². The molecular weight excluding hydrogens is 250 g/mol. The topological polar surface area (TPSA) is 99.2 Å². The number of nitro groups is 2. The maximum absolute atomic E-state index is 11.0. The third-order valence-electron chi connectivity index (χ3n) is 3.08. The molecule has 104 valence electrons. The van der Waals surface area contributed by atoms with E-state index in [2.05, 4.69) is 4.98 Å². The van der Waals surface area contributed by atoms with Crippen LogP contribution in [-0.2, 0) is 0 Å². The molecule has 0 aliphatic heterocycles. The van der Waals surface area contributed by atoms with Gasteiger partial charge in [0.2, 0.25) is 0 Å². The molecule has 1 heterocycles. The molecule has 0 N–H and O–H groups in total. The molecule has 0 saturated heterocycles. The molecule has 7 heteroatoms. The Kier molecular flexibility index (Phi) is 5.35. The molecule has 19 heavy (non-hydrogen) atoms. The zero-order chi connectivity index (χ0) is 14.4. The van der Waals surface area contributed by atoms with Gasteiger partial charge in [-0.05, 0) is 12.8 Å². The second-order valence-electron chi connectivity index (χ2n) is 4.36. The fourth-order valence-electron chi connectivity index (χ4n) is 2.00. The lowest BCUT2D eigenvalue weighted by Crippen LogP contribution is -2.06. The summed E-state index contributed by atoms with van der Waals surface area (Å²) in [5.41, 5.74) is -0.246. The summed E-state index contributed by atoms with van der Waals surface area (Å²) in [6.07, 6.45) is 4.58. The van der Waals surface area contributed by atoms with Crippen molar-refractivity contribution < 1.29 is 9.85 Å². The van der Waals surface area contributed by atoms with Crippen molar-refractivity contribution in [1.29, 1.82) is 0 Å². The smallest absolute Gasteiger partial charge is 0.258 e. The molecule has 1 atom stereocenters. The number of unbranched alkanes of at least 4 members (excludes halogenated alkanes) is 1. The fourth-order valence-corrected chi connectivity index (χ4v) is 2.00. The van der Waals surface area contributed by atoms with Crippen LogP contribution in [0.1, 0.15) is 51.1 Å². The summed E-state index contributed by atoms with van der Waals surface area (Å²) < 4.78 is 0. The van der Waals surface area contributed by atoms with Gasteiger partial charge in [-0.1, -0.05) is 26.7 Å². The fraction of sp³-hybridized carbons (Fsp3) is 0.583. The standard InChI is InChI=1S/C12H17N3O4/c1-3-5-6-9(4-2)12-11(15(18)19)7-10(8-13-12)14(16)17/h7-9H,3-6H2,1-2H3. The Hall–Kier alpha value is -2.05. The molecule has 7 nitrogen and oxygen atoms in total. The van der Waals surface area contributed by atoms with Gasteiger partial charge in [-0.15, -0.1) is 0 Å². The molecule has 0 spiro atoms. The average molecular weight is 267 g/mol. The zero-order valence-electron chi connectivity index (χ0n) is 11.0. The molecule has 0 aromatic carbocycles. The summed E-state index contributed by atoms with van der Waals surface area (Å²) in [6.45, 7) is 3.98. The quantitative estimate of drug-likeness (QED) is 0.555. The third-order valence-corrected chi connectivity index (χ3v) is 3.08. The van der Waals surface area contributed by atoms with Crippen molar-refractivity contribution in [2.24, 2.45) is 0 Å². The van der Waals surface area contributed by atoms with Gasteiger partial charge in [-0.3, -0.25) is 20.2 Å². The van der Waals surface area contributed by atoms with E-state index in [-0.39, 0.29) is 17.3 Å². The average Bonchev–Trinajstić information content (AvgIpc) is 2.39. The molecule has 0 aliphatic rings. The minimum absolute atomic E-state index is 0.0267. The molecule has 0 amide bonds. The van der Waals surface area contributed by atoms with Crippen LogP contribution in [0.15, 0.2) is 12.3 Å². The Morgan fingerprint density at radius 1 is 1.26 bits per heavy atom. The van der Waals surface area contributed by atoms with Crippen molar-refractivity contribution in [3.05, 3.63) is 38.2 Å². The van der Waals surface area contributed by atoms with Gasteiger partial charge in [0, 0.05) is 5.92 Å². The second kappa shape index (κ2) is 6.77. The lowest BCUT2D eigenvalue weighted by molar-refractivity contribution is -0.395. The van der Waals surface area contributed by atoms with Crippen molar-refractivity contribution in [2.75, 3.05) is 0 Å². The van der Waals surface area contributed by atoms with Crippen molar-refractivity contribution in [2.45, 2.75) is 45.4 Å². The highest BCUT2D eigenvalue weighted by Gasteiger charge is 2.25. The number of pyridine rings is 1. The number of nitrogens with zero attached hydrogens (tertiary/aromatic N) is 3. The summed E-state index contributed by atoms with van der Waals surface area (Å²) >= 11 is 0. The molecule has 0 saturated carbocycles. The maximum atomic E-state index is 11.0. The molecular formula is C12H17N3O4. The van der Waals surface area contributed by atoms with Crippen molar-refractivity contribution in [1.82, 2.24) is 4.98 Å². The Labute approximate surface area is 111 Å².